The van der Waals surface area contributed by atoms with Crippen LogP contribution in [0.25, 0.3) is 0 Å². The molecule has 1 unspecified atom stereocenters. The van der Waals surface area contributed by atoms with Gasteiger partial charge in [-0.05, 0) is 44.5 Å². The maximum absolute atomic E-state index is 14.2. The molecule has 0 radical (unpaired) electrons. The fourth-order valence-corrected chi connectivity index (χ4v) is 4.35. The van der Waals surface area contributed by atoms with Crippen LogP contribution < -0.4 is 14.4 Å². The topological polar surface area (TPSA) is 75.7 Å². The van der Waals surface area contributed by atoms with Gasteiger partial charge in [-0.3, -0.25) is 9.10 Å². The molecule has 3 rings (SSSR count). The van der Waals surface area contributed by atoms with Crippen LogP contribution in [-0.2, 0) is 14.8 Å². The Labute approximate surface area is 170 Å². The van der Waals surface area contributed by atoms with E-state index in [1.807, 2.05) is 39.0 Å². The average molecular weight is 421 g/mol. The Hall–Kier alpha value is -2.61. The number of ether oxygens (including phenoxy) is 1. The molecule has 1 aliphatic heterocycles. The molecular weight excluding hydrogens is 395 g/mol. The highest BCUT2D eigenvalue weighted by Crippen LogP contribution is 2.39. The molecule has 1 atom stereocenters. The van der Waals surface area contributed by atoms with Crippen molar-refractivity contribution in [3.63, 3.8) is 0 Å². The lowest BCUT2D eigenvalue weighted by Gasteiger charge is -2.38. The molecular formula is C21H25FN2O4S. The van der Waals surface area contributed by atoms with Crippen LogP contribution in [-0.4, -0.2) is 32.7 Å². The smallest absolute Gasteiger partial charge is 0.241 e. The Morgan fingerprint density at radius 1 is 1.28 bits per heavy atom. The molecule has 0 aliphatic carbocycles. The third-order valence-corrected chi connectivity index (χ3v) is 5.90. The molecule has 0 spiro atoms. The summed E-state index contributed by atoms with van der Waals surface area (Å²) >= 11 is 0. The number of sulfonamides is 1. The number of carbonyl (C=O) groups excluding carboxylic acids is 1. The average Bonchev–Trinajstić information content (AvgIpc) is 2.58. The molecule has 29 heavy (non-hydrogen) atoms. The molecule has 0 saturated carbocycles. The normalized spacial score (nSPS) is 17.8. The van der Waals surface area contributed by atoms with Crippen molar-refractivity contribution >= 4 is 21.6 Å². The van der Waals surface area contributed by atoms with E-state index in [4.69, 9.17) is 4.74 Å². The van der Waals surface area contributed by atoms with Gasteiger partial charge in [-0.1, -0.05) is 24.3 Å². The molecule has 1 amide bonds. The van der Waals surface area contributed by atoms with Crippen molar-refractivity contribution in [1.29, 1.82) is 0 Å². The summed E-state index contributed by atoms with van der Waals surface area (Å²) in [4.78, 5) is 12.8. The first kappa shape index (κ1) is 21.1. The SMILES string of the molecule is Cc1ccc2c(c1)OC(C)(C)CC2NC(=O)CN(c1ccccc1F)S(C)(=O)=O. The Balaban J connectivity index is 1.85. The minimum absolute atomic E-state index is 0.159. The fraction of sp³-hybridized carbons (Fsp3) is 0.381. The number of fused-ring (bicyclic) bond motifs is 1. The van der Waals surface area contributed by atoms with Crippen molar-refractivity contribution in [2.45, 2.75) is 38.8 Å². The highest BCUT2D eigenvalue weighted by atomic mass is 32.2. The molecule has 0 aromatic heterocycles. The first-order valence-electron chi connectivity index (χ1n) is 9.27. The Kier molecular flexibility index (Phi) is 5.58. The summed E-state index contributed by atoms with van der Waals surface area (Å²) in [7, 11) is -3.86. The standard InChI is InChI=1S/C21H25FN2O4S/c1-14-9-10-15-17(12-21(2,3)28-19(15)11-14)23-20(25)13-24(29(4,26)27)18-8-6-5-7-16(18)22/h5-11,17H,12-13H2,1-4H3,(H,23,25). The second-order valence-corrected chi connectivity index (χ2v) is 9.86. The quantitative estimate of drug-likeness (QED) is 0.805. The van der Waals surface area contributed by atoms with Crippen LogP contribution in [0.5, 0.6) is 5.75 Å². The molecule has 0 bridgehead atoms. The number of para-hydroxylation sites is 1. The van der Waals surface area contributed by atoms with E-state index in [1.54, 1.807) is 0 Å². The molecule has 1 heterocycles. The van der Waals surface area contributed by atoms with Crippen LogP contribution >= 0.6 is 0 Å². The lowest BCUT2D eigenvalue weighted by atomic mass is 9.89. The number of hydrogen-bond donors (Lipinski definition) is 1. The van der Waals surface area contributed by atoms with Crippen molar-refractivity contribution in [3.05, 3.63) is 59.4 Å². The number of carbonyl (C=O) groups is 1. The van der Waals surface area contributed by atoms with Gasteiger partial charge >= 0.3 is 0 Å². The second-order valence-electron chi connectivity index (χ2n) is 7.95. The van der Waals surface area contributed by atoms with E-state index in [-0.39, 0.29) is 11.7 Å². The highest BCUT2D eigenvalue weighted by molar-refractivity contribution is 7.92. The second kappa shape index (κ2) is 7.67. The molecule has 8 heteroatoms. The van der Waals surface area contributed by atoms with Gasteiger partial charge in [-0.15, -0.1) is 0 Å². The third-order valence-electron chi connectivity index (χ3n) is 4.77. The fourth-order valence-electron chi connectivity index (χ4n) is 3.49. The van der Waals surface area contributed by atoms with E-state index in [9.17, 15) is 17.6 Å². The summed E-state index contributed by atoms with van der Waals surface area (Å²) in [6, 6.07) is 10.9. The van der Waals surface area contributed by atoms with Gasteiger partial charge in [0.05, 0.1) is 18.0 Å². The van der Waals surface area contributed by atoms with Gasteiger partial charge in [0.25, 0.3) is 0 Å². The summed E-state index contributed by atoms with van der Waals surface area (Å²) in [5.41, 5.74) is 1.21. The molecule has 156 valence electrons. The van der Waals surface area contributed by atoms with E-state index in [2.05, 4.69) is 5.32 Å². The Morgan fingerprint density at radius 3 is 2.62 bits per heavy atom. The number of nitrogens with one attached hydrogen (secondary N) is 1. The zero-order valence-corrected chi connectivity index (χ0v) is 17.7. The number of anilines is 1. The van der Waals surface area contributed by atoms with E-state index in [0.717, 1.165) is 27.8 Å². The minimum Gasteiger partial charge on any atom is -0.487 e. The van der Waals surface area contributed by atoms with Crippen LogP contribution in [0.4, 0.5) is 10.1 Å². The molecule has 6 nitrogen and oxygen atoms in total. The zero-order valence-electron chi connectivity index (χ0n) is 16.9. The van der Waals surface area contributed by atoms with Gasteiger partial charge in [0.2, 0.25) is 15.9 Å². The van der Waals surface area contributed by atoms with Gasteiger partial charge in [0, 0.05) is 12.0 Å². The molecule has 0 fully saturated rings. The largest absolute Gasteiger partial charge is 0.487 e. The zero-order chi connectivity index (χ0) is 21.4. The molecule has 0 saturated heterocycles. The predicted molar refractivity (Wildman–Crippen MR) is 110 cm³/mol. The summed E-state index contributed by atoms with van der Waals surface area (Å²) < 4.78 is 45.4. The van der Waals surface area contributed by atoms with Gasteiger partial charge in [-0.2, -0.15) is 0 Å². The van der Waals surface area contributed by atoms with Crippen molar-refractivity contribution < 1.29 is 22.3 Å². The number of aryl methyl sites for hydroxylation is 1. The third kappa shape index (κ3) is 4.87. The van der Waals surface area contributed by atoms with E-state index >= 15 is 0 Å². The van der Waals surface area contributed by atoms with Crippen molar-refractivity contribution in [3.8, 4) is 5.75 Å². The van der Waals surface area contributed by atoms with Crippen LogP contribution in [0, 0.1) is 12.7 Å². The van der Waals surface area contributed by atoms with Crippen molar-refractivity contribution in [2.24, 2.45) is 0 Å². The lowest BCUT2D eigenvalue weighted by molar-refractivity contribution is -0.120. The number of nitrogens with zero attached hydrogens (tertiary/aromatic N) is 1. The van der Waals surface area contributed by atoms with Crippen molar-refractivity contribution in [1.82, 2.24) is 5.32 Å². The molecule has 2 aromatic carbocycles. The number of rotatable bonds is 5. The van der Waals surface area contributed by atoms with Gasteiger partial charge < -0.3 is 10.1 Å². The van der Waals surface area contributed by atoms with Crippen LogP contribution in [0.3, 0.4) is 0 Å². The highest BCUT2D eigenvalue weighted by Gasteiger charge is 2.35. The number of hydrogen-bond acceptors (Lipinski definition) is 4. The maximum Gasteiger partial charge on any atom is 0.241 e. The van der Waals surface area contributed by atoms with Crippen LogP contribution in [0.2, 0.25) is 0 Å². The number of benzene rings is 2. The van der Waals surface area contributed by atoms with Crippen LogP contribution in [0.15, 0.2) is 42.5 Å². The molecule has 1 aliphatic rings. The predicted octanol–water partition coefficient (Wildman–Crippen LogP) is 3.32. The summed E-state index contributed by atoms with van der Waals surface area (Å²) in [6.45, 7) is 5.30. The monoisotopic (exact) mass is 420 g/mol. The Morgan fingerprint density at radius 2 is 1.97 bits per heavy atom. The number of halogens is 1. The maximum atomic E-state index is 14.2. The van der Waals surface area contributed by atoms with Gasteiger partial charge in [0.15, 0.2) is 0 Å². The summed E-state index contributed by atoms with van der Waals surface area (Å²) in [5.74, 6) is -0.535. The molecule has 2 aromatic rings. The molecule has 1 N–H and O–H groups in total. The van der Waals surface area contributed by atoms with Gasteiger partial charge in [-0.25, -0.2) is 12.8 Å². The first-order valence-corrected chi connectivity index (χ1v) is 11.1. The minimum atomic E-state index is -3.86. The van der Waals surface area contributed by atoms with E-state index in [0.29, 0.717) is 12.2 Å². The lowest BCUT2D eigenvalue weighted by Crippen LogP contribution is -2.45. The van der Waals surface area contributed by atoms with E-state index < -0.39 is 33.9 Å². The summed E-state index contributed by atoms with van der Waals surface area (Å²) in [6.07, 6.45) is 1.47. The number of amides is 1. The Bertz CT molecular complexity index is 1040. The van der Waals surface area contributed by atoms with Crippen molar-refractivity contribution in [2.75, 3.05) is 17.1 Å². The van der Waals surface area contributed by atoms with Gasteiger partial charge in [0.1, 0.15) is 23.7 Å². The summed E-state index contributed by atoms with van der Waals surface area (Å²) in [5, 5.41) is 2.89. The first-order chi connectivity index (χ1) is 13.5. The van der Waals surface area contributed by atoms with Crippen LogP contribution in [0.1, 0.15) is 37.4 Å². The van der Waals surface area contributed by atoms with E-state index in [1.165, 1.54) is 18.2 Å².